The van der Waals surface area contributed by atoms with Crippen molar-refractivity contribution in [2.75, 3.05) is 18.5 Å². The summed E-state index contributed by atoms with van der Waals surface area (Å²) in [6.07, 6.45) is 6.52. The van der Waals surface area contributed by atoms with E-state index in [1.165, 1.54) is 41.3 Å². The van der Waals surface area contributed by atoms with Crippen molar-refractivity contribution in [2.45, 2.75) is 44.7 Å². The molecule has 0 unspecified atom stereocenters. The van der Waals surface area contributed by atoms with E-state index in [-0.39, 0.29) is 0 Å². The Balaban J connectivity index is 1.81. The fourth-order valence-electron chi connectivity index (χ4n) is 3.45. The highest BCUT2D eigenvalue weighted by atomic mass is 79.9. The zero-order valence-corrected chi connectivity index (χ0v) is 14.9. The summed E-state index contributed by atoms with van der Waals surface area (Å²) in [5, 5.41) is 1.04. The zero-order chi connectivity index (χ0) is 13.9. The monoisotopic (exact) mass is 401 g/mol. The standard InChI is InChI=1S/C16H21Br2NO/c17-6-7-19(15-3-1-2-4-15)11-13-10-14(18)9-12-5-8-20-16(12)13/h9-10,15H,1-8,11H2. The van der Waals surface area contributed by atoms with Crippen LogP contribution in [-0.4, -0.2) is 29.4 Å². The summed E-state index contributed by atoms with van der Waals surface area (Å²) in [7, 11) is 0. The summed E-state index contributed by atoms with van der Waals surface area (Å²) in [6.45, 7) is 2.96. The second-order valence-corrected chi connectivity index (χ2v) is 7.46. The van der Waals surface area contributed by atoms with E-state index < -0.39 is 0 Å². The van der Waals surface area contributed by atoms with Crippen LogP contribution in [0.15, 0.2) is 16.6 Å². The molecule has 0 atom stereocenters. The smallest absolute Gasteiger partial charge is 0.127 e. The van der Waals surface area contributed by atoms with Gasteiger partial charge in [0.15, 0.2) is 0 Å². The van der Waals surface area contributed by atoms with E-state index in [4.69, 9.17) is 4.74 Å². The van der Waals surface area contributed by atoms with Gasteiger partial charge in [0.2, 0.25) is 0 Å². The Hall–Kier alpha value is -0.0600. The van der Waals surface area contributed by atoms with E-state index in [0.717, 1.165) is 43.2 Å². The molecule has 1 aromatic rings. The molecule has 1 heterocycles. The normalized spacial score (nSPS) is 18.6. The van der Waals surface area contributed by atoms with Gasteiger partial charge in [-0.3, -0.25) is 4.90 Å². The zero-order valence-electron chi connectivity index (χ0n) is 11.7. The van der Waals surface area contributed by atoms with Gasteiger partial charge in [-0.1, -0.05) is 44.7 Å². The summed E-state index contributed by atoms with van der Waals surface area (Å²) in [6, 6.07) is 5.19. The van der Waals surface area contributed by atoms with Crippen molar-refractivity contribution in [3.05, 3.63) is 27.7 Å². The van der Waals surface area contributed by atoms with Gasteiger partial charge < -0.3 is 4.74 Å². The third-order valence-corrected chi connectivity index (χ3v) is 5.22. The van der Waals surface area contributed by atoms with E-state index in [1.807, 2.05) is 0 Å². The van der Waals surface area contributed by atoms with Crippen molar-refractivity contribution < 1.29 is 4.74 Å². The van der Waals surface area contributed by atoms with Crippen molar-refractivity contribution in [1.82, 2.24) is 4.90 Å². The minimum Gasteiger partial charge on any atom is -0.493 e. The number of halogens is 2. The van der Waals surface area contributed by atoms with E-state index in [9.17, 15) is 0 Å². The topological polar surface area (TPSA) is 12.5 Å². The van der Waals surface area contributed by atoms with Gasteiger partial charge in [0.1, 0.15) is 5.75 Å². The van der Waals surface area contributed by atoms with Gasteiger partial charge in [-0.2, -0.15) is 0 Å². The van der Waals surface area contributed by atoms with Crippen LogP contribution in [0.5, 0.6) is 5.75 Å². The lowest BCUT2D eigenvalue weighted by Gasteiger charge is -2.28. The van der Waals surface area contributed by atoms with Crippen LogP contribution < -0.4 is 4.74 Å². The molecule has 110 valence electrons. The van der Waals surface area contributed by atoms with Crippen molar-refractivity contribution in [2.24, 2.45) is 0 Å². The lowest BCUT2D eigenvalue weighted by molar-refractivity contribution is 0.200. The quantitative estimate of drug-likeness (QED) is 0.671. The number of benzene rings is 1. The molecule has 0 aromatic heterocycles. The van der Waals surface area contributed by atoms with Crippen molar-refractivity contribution in [3.8, 4) is 5.75 Å². The highest BCUT2D eigenvalue weighted by Gasteiger charge is 2.25. The van der Waals surface area contributed by atoms with E-state index >= 15 is 0 Å². The number of nitrogens with zero attached hydrogens (tertiary/aromatic N) is 1. The summed E-state index contributed by atoms with van der Waals surface area (Å²) >= 11 is 7.25. The molecule has 0 N–H and O–H groups in total. The molecule has 3 rings (SSSR count). The molecule has 1 fully saturated rings. The van der Waals surface area contributed by atoms with Gasteiger partial charge in [0.25, 0.3) is 0 Å². The molecule has 2 nitrogen and oxygen atoms in total. The van der Waals surface area contributed by atoms with Gasteiger partial charge in [0, 0.05) is 40.9 Å². The van der Waals surface area contributed by atoms with E-state index in [2.05, 4.69) is 48.9 Å². The fraction of sp³-hybridized carbons (Fsp3) is 0.625. The number of rotatable bonds is 5. The van der Waals surface area contributed by atoms with Crippen LogP contribution in [0, 0.1) is 0 Å². The highest BCUT2D eigenvalue weighted by Crippen LogP contribution is 2.35. The highest BCUT2D eigenvalue weighted by molar-refractivity contribution is 9.10. The average molecular weight is 403 g/mol. The van der Waals surface area contributed by atoms with Crippen LogP contribution in [0.2, 0.25) is 0 Å². The molecule has 1 aliphatic carbocycles. The first-order chi connectivity index (χ1) is 9.78. The summed E-state index contributed by atoms with van der Waals surface area (Å²) in [4.78, 5) is 2.63. The van der Waals surface area contributed by atoms with Crippen molar-refractivity contribution in [3.63, 3.8) is 0 Å². The van der Waals surface area contributed by atoms with Crippen LogP contribution in [0.1, 0.15) is 36.8 Å². The van der Waals surface area contributed by atoms with Gasteiger partial charge in [-0.25, -0.2) is 0 Å². The number of ether oxygens (including phenoxy) is 1. The second kappa shape index (κ2) is 6.80. The largest absolute Gasteiger partial charge is 0.493 e. The molecule has 0 saturated heterocycles. The predicted octanol–water partition coefficient (Wildman–Crippen LogP) is 4.52. The molecule has 1 saturated carbocycles. The average Bonchev–Trinajstić information content (AvgIpc) is 3.08. The molecule has 0 spiro atoms. The number of fused-ring (bicyclic) bond motifs is 1. The molecule has 1 aliphatic heterocycles. The first-order valence-corrected chi connectivity index (χ1v) is 9.43. The third kappa shape index (κ3) is 3.23. The van der Waals surface area contributed by atoms with E-state index in [1.54, 1.807) is 0 Å². The Labute approximate surface area is 138 Å². The van der Waals surface area contributed by atoms with Gasteiger partial charge in [0.05, 0.1) is 6.61 Å². The van der Waals surface area contributed by atoms with Crippen LogP contribution >= 0.6 is 31.9 Å². The first kappa shape index (κ1) is 14.9. The van der Waals surface area contributed by atoms with Gasteiger partial charge in [-0.05, 0) is 30.5 Å². The third-order valence-electron chi connectivity index (χ3n) is 4.41. The lowest BCUT2D eigenvalue weighted by Crippen LogP contribution is -2.34. The maximum absolute atomic E-state index is 5.87. The minimum atomic E-state index is 0.753. The van der Waals surface area contributed by atoms with Crippen LogP contribution in [0.4, 0.5) is 0 Å². The number of alkyl halides is 1. The number of hydrogen-bond donors (Lipinski definition) is 0. The Morgan fingerprint density at radius 2 is 2.05 bits per heavy atom. The predicted molar refractivity (Wildman–Crippen MR) is 89.8 cm³/mol. The Morgan fingerprint density at radius 1 is 1.25 bits per heavy atom. The molecule has 4 heteroatoms. The lowest BCUT2D eigenvalue weighted by atomic mass is 10.1. The maximum atomic E-state index is 5.87. The Kier molecular flexibility index (Phi) is 5.05. The van der Waals surface area contributed by atoms with Crippen molar-refractivity contribution >= 4 is 31.9 Å². The number of hydrogen-bond acceptors (Lipinski definition) is 2. The van der Waals surface area contributed by atoms with Gasteiger partial charge >= 0.3 is 0 Å². The SMILES string of the molecule is BrCCN(Cc1cc(Br)cc2c1OCC2)C1CCCC1. The second-order valence-electron chi connectivity index (χ2n) is 5.75. The van der Waals surface area contributed by atoms with Crippen LogP contribution in [0.3, 0.4) is 0 Å². The molecule has 0 amide bonds. The maximum Gasteiger partial charge on any atom is 0.127 e. The molecule has 20 heavy (non-hydrogen) atoms. The van der Waals surface area contributed by atoms with E-state index in [0.29, 0.717) is 0 Å². The van der Waals surface area contributed by atoms with Crippen molar-refractivity contribution in [1.29, 1.82) is 0 Å². The molecule has 0 radical (unpaired) electrons. The summed E-state index contributed by atoms with van der Waals surface area (Å²) < 4.78 is 7.05. The molecule has 1 aromatic carbocycles. The minimum absolute atomic E-state index is 0.753. The molecular weight excluding hydrogens is 382 g/mol. The van der Waals surface area contributed by atoms with Crippen LogP contribution in [-0.2, 0) is 13.0 Å². The first-order valence-electron chi connectivity index (χ1n) is 7.52. The molecule has 0 bridgehead atoms. The van der Waals surface area contributed by atoms with Crippen LogP contribution in [0.25, 0.3) is 0 Å². The van der Waals surface area contributed by atoms with Gasteiger partial charge in [-0.15, -0.1) is 0 Å². The Morgan fingerprint density at radius 3 is 2.80 bits per heavy atom. The fourth-order valence-corrected chi connectivity index (χ4v) is 4.46. The summed E-state index contributed by atoms with van der Waals surface area (Å²) in [5.41, 5.74) is 2.71. The Bertz CT molecular complexity index is 472. The molecule has 2 aliphatic rings. The summed E-state index contributed by atoms with van der Waals surface area (Å²) in [5.74, 6) is 1.14. The molecular formula is C16H21Br2NO.